The normalized spacial score (nSPS) is 11.4. The van der Waals surface area contributed by atoms with Crippen molar-refractivity contribution in [3.63, 3.8) is 0 Å². The van der Waals surface area contributed by atoms with Crippen LogP contribution in [0.25, 0.3) is 21.9 Å². The number of nitrogens with zero attached hydrogens (tertiary/aromatic N) is 1. The molecule has 0 fully saturated rings. The molecule has 0 aliphatic carbocycles. The largest absolute Gasteiger partial charge is 0.505 e. The zero-order valence-electron chi connectivity index (χ0n) is 17.2. The van der Waals surface area contributed by atoms with E-state index >= 15 is 0 Å². The Kier molecular flexibility index (Phi) is 5.75. The Hall–Kier alpha value is -3.43. The van der Waals surface area contributed by atoms with Gasteiger partial charge in [0.05, 0.1) is 12.1 Å². The molecule has 0 unspecified atom stereocenters. The van der Waals surface area contributed by atoms with Crippen molar-refractivity contribution in [3.05, 3.63) is 109 Å². The lowest BCUT2D eigenvalue weighted by Crippen LogP contribution is -2.23. The first-order chi connectivity index (χ1) is 16.3. The van der Waals surface area contributed by atoms with Gasteiger partial charge in [-0.25, -0.2) is 13.6 Å². The first-order valence-electron chi connectivity index (χ1n) is 10.0. The topological polar surface area (TPSA) is 72.4 Å². The summed E-state index contributed by atoms with van der Waals surface area (Å²) < 4.78 is 34.3. The van der Waals surface area contributed by atoms with E-state index in [0.29, 0.717) is 25.8 Å². The van der Waals surface area contributed by atoms with Crippen LogP contribution in [0.2, 0.25) is 0 Å². The molecule has 0 radical (unpaired) electrons. The third-order valence-corrected chi connectivity index (χ3v) is 6.87. The van der Waals surface area contributed by atoms with Crippen molar-refractivity contribution in [1.82, 2.24) is 4.57 Å². The molecule has 2 heterocycles. The van der Waals surface area contributed by atoms with Gasteiger partial charge in [0.1, 0.15) is 21.9 Å². The standard InChI is InChI=1S/C25H14BrF2NO4S/c26-14-3-10-18-19(11-14)29(12-13-1-4-15(27)5-2-13)24(31)20-21(30)23(25(32)33-22(18)20)34-17-8-6-16(28)7-9-17/h1-11,30H,12H2. The second-order valence-corrected chi connectivity index (χ2v) is 9.51. The fourth-order valence-corrected chi connectivity index (χ4v) is 4.88. The van der Waals surface area contributed by atoms with Crippen molar-refractivity contribution in [3.8, 4) is 5.75 Å². The predicted octanol–water partition coefficient (Wildman–Crippen LogP) is 6.05. The highest BCUT2D eigenvalue weighted by molar-refractivity contribution is 9.10. The summed E-state index contributed by atoms with van der Waals surface area (Å²) in [6.07, 6.45) is 0. The number of hydrogen-bond donors (Lipinski definition) is 1. The molecule has 5 nitrogen and oxygen atoms in total. The second-order valence-electron chi connectivity index (χ2n) is 7.51. The third-order valence-electron chi connectivity index (χ3n) is 5.30. The Bertz CT molecular complexity index is 1680. The number of rotatable bonds is 4. The van der Waals surface area contributed by atoms with E-state index in [1.54, 1.807) is 30.3 Å². The first kappa shape index (κ1) is 22.4. The lowest BCUT2D eigenvalue weighted by Gasteiger charge is -2.14. The van der Waals surface area contributed by atoms with Crippen molar-refractivity contribution in [2.24, 2.45) is 0 Å². The summed E-state index contributed by atoms with van der Waals surface area (Å²) in [4.78, 5) is 26.7. The van der Waals surface area contributed by atoms with Gasteiger partial charge in [-0.3, -0.25) is 4.79 Å². The van der Waals surface area contributed by atoms with E-state index in [-0.39, 0.29) is 22.4 Å². The van der Waals surface area contributed by atoms with E-state index in [9.17, 15) is 23.5 Å². The molecule has 0 spiro atoms. The van der Waals surface area contributed by atoms with Crippen molar-refractivity contribution in [1.29, 1.82) is 0 Å². The average molecular weight is 542 g/mol. The van der Waals surface area contributed by atoms with E-state index < -0.39 is 28.6 Å². The summed E-state index contributed by atoms with van der Waals surface area (Å²) in [5.41, 5.74) is -0.292. The van der Waals surface area contributed by atoms with Gasteiger partial charge < -0.3 is 14.1 Å². The van der Waals surface area contributed by atoms with Gasteiger partial charge in [0.2, 0.25) is 0 Å². The summed E-state index contributed by atoms with van der Waals surface area (Å²) in [7, 11) is 0. The Morgan fingerprint density at radius 3 is 2.26 bits per heavy atom. The molecule has 5 aromatic rings. The maximum Gasteiger partial charge on any atom is 0.354 e. The van der Waals surface area contributed by atoms with Gasteiger partial charge in [0.25, 0.3) is 5.56 Å². The molecule has 0 saturated heterocycles. The first-order valence-corrected chi connectivity index (χ1v) is 11.6. The Morgan fingerprint density at radius 1 is 0.941 bits per heavy atom. The molecule has 0 amide bonds. The summed E-state index contributed by atoms with van der Waals surface area (Å²) in [5.74, 6) is -1.35. The molecule has 0 aliphatic heterocycles. The van der Waals surface area contributed by atoms with Crippen LogP contribution in [-0.4, -0.2) is 9.67 Å². The van der Waals surface area contributed by atoms with Crippen LogP contribution in [0.3, 0.4) is 0 Å². The maximum absolute atomic E-state index is 13.6. The van der Waals surface area contributed by atoms with Crippen LogP contribution >= 0.6 is 27.7 Å². The molecule has 2 aromatic heterocycles. The minimum absolute atomic E-state index is 0.0335. The van der Waals surface area contributed by atoms with E-state index in [4.69, 9.17) is 4.42 Å². The number of aromatic nitrogens is 1. The Morgan fingerprint density at radius 2 is 1.59 bits per heavy atom. The number of benzene rings is 3. The molecule has 0 bridgehead atoms. The SMILES string of the molecule is O=c1oc2c(c(O)c1Sc1ccc(F)cc1)c(=O)n(Cc1ccc(F)cc1)c1cc(Br)ccc21. The Balaban J connectivity index is 1.78. The van der Waals surface area contributed by atoms with Crippen molar-refractivity contribution < 1.29 is 18.3 Å². The van der Waals surface area contributed by atoms with Crippen LogP contribution in [0, 0.1) is 11.6 Å². The highest BCUT2D eigenvalue weighted by Crippen LogP contribution is 2.37. The van der Waals surface area contributed by atoms with Gasteiger partial charge in [-0.15, -0.1) is 0 Å². The molecule has 170 valence electrons. The molecular formula is C25H14BrF2NO4S. The van der Waals surface area contributed by atoms with Gasteiger partial charge >= 0.3 is 5.63 Å². The van der Waals surface area contributed by atoms with E-state index in [1.807, 2.05) is 0 Å². The highest BCUT2D eigenvalue weighted by atomic mass is 79.9. The smallest absolute Gasteiger partial charge is 0.354 e. The highest BCUT2D eigenvalue weighted by Gasteiger charge is 2.22. The predicted molar refractivity (Wildman–Crippen MR) is 130 cm³/mol. The molecule has 1 N–H and O–H groups in total. The second kappa shape index (κ2) is 8.73. The van der Waals surface area contributed by atoms with Crippen LogP contribution in [-0.2, 0) is 6.54 Å². The molecule has 0 atom stereocenters. The summed E-state index contributed by atoms with van der Waals surface area (Å²) in [5, 5.41) is 11.3. The van der Waals surface area contributed by atoms with Crippen molar-refractivity contribution >= 4 is 49.6 Å². The number of halogens is 3. The fourth-order valence-electron chi connectivity index (χ4n) is 3.70. The minimum atomic E-state index is -0.820. The van der Waals surface area contributed by atoms with E-state index in [1.165, 1.54) is 41.0 Å². The maximum atomic E-state index is 13.6. The number of hydrogen-bond acceptors (Lipinski definition) is 5. The molecule has 0 aliphatic rings. The molecule has 3 aromatic carbocycles. The number of fused-ring (bicyclic) bond motifs is 3. The van der Waals surface area contributed by atoms with Crippen LogP contribution in [0.5, 0.6) is 5.75 Å². The van der Waals surface area contributed by atoms with E-state index in [0.717, 1.165) is 11.8 Å². The molecule has 5 rings (SSSR count). The summed E-state index contributed by atoms with van der Waals surface area (Å²) in [6, 6.07) is 16.2. The lowest BCUT2D eigenvalue weighted by molar-refractivity contribution is 0.446. The molecule has 34 heavy (non-hydrogen) atoms. The van der Waals surface area contributed by atoms with Gasteiger partial charge in [-0.2, -0.15) is 0 Å². The van der Waals surface area contributed by atoms with Gasteiger partial charge in [-0.05, 0) is 60.2 Å². The Labute approximate surface area is 203 Å². The van der Waals surface area contributed by atoms with E-state index in [2.05, 4.69) is 15.9 Å². The lowest BCUT2D eigenvalue weighted by atomic mass is 10.1. The summed E-state index contributed by atoms with van der Waals surface area (Å²) in [6.45, 7) is 0.0982. The van der Waals surface area contributed by atoms with Crippen LogP contribution in [0.15, 0.2) is 95.0 Å². The minimum Gasteiger partial charge on any atom is -0.505 e. The van der Waals surface area contributed by atoms with Crippen LogP contribution < -0.4 is 11.2 Å². The fraction of sp³-hybridized carbons (Fsp3) is 0.0400. The summed E-state index contributed by atoms with van der Waals surface area (Å²) >= 11 is 4.27. The molecule has 9 heteroatoms. The monoisotopic (exact) mass is 541 g/mol. The number of aromatic hydroxyl groups is 1. The van der Waals surface area contributed by atoms with Crippen molar-refractivity contribution in [2.75, 3.05) is 0 Å². The molecule has 0 saturated carbocycles. The zero-order chi connectivity index (χ0) is 24.0. The van der Waals surface area contributed by atoms with Gasteiger partial charge in [-0.1, -0.05) is 39.8 Å². The third kappa shape index (κ3) is 4.01. The van der Waals surface area contributed by atoms with Crippen molar-refractivity contribution in [2.45, 2.75) is 16.3 Å². The number of pyridine rings is 1. The zero-order valence-corrected chi connectivity index (χ0v) is 19.6. The van der Waals surface area contributed by atoms with Gasteiger partial charge in [0, 0.05) is 14.8 Å². The van der Waals surface area contributed by atoms with Crippen LogP contribution in [0.1, 0.15) is 5.56 Å². The van der Waals surface area contributed by atoms with Crippen LogP contribution in [0.4, 0.5) is 8.78 Å². The quantitative estimate of drug-likeness (QED) is 0.280. The average Bonchev–Trinajstić information content (AvgIpc) is 2.81. The van der Waals surface area contributed by atoms with Gasteiger partial charge in [0.15, 0.2) is 11.3 Å². The molecular weight excluding hydrogens is 528 g/mol.